The molecule has 198 valence electrons. The molecule has 36 heavy (non-hydrogen) atoms. The maximum atomic E-state index is 12.8. The van der Waals surface area contributed by atoms with Gasteiger partial charge in [-0.1, -0.05) is 80.5 Å². The van der Waals surface area contributed by atoms with Crippen LogP contribution in [0.15, 0.2) is 55.0 Å². The largest absolute Gasteiger partial charge is 0.286 e. The molecule has 0 saturated carbocycles. The van der Waals surface area contributed by atoms with E-state index in [4.69, 9.17) is 0 Å². The summed E-state index contributed by atoms with van der Waals surface area (Å²) >= 11 is 0. The molecule has 0 atom stereocenters. The lowest BCUT2D eigenvalue weighted by molar-refractivity contribution is 0.0127. The molecule has 0 amide bonds. The number of hydrogen-bond donors (Lipinski definition) is 0. The van der Waals surface area contributed by atoms with E-state index in [1.54, 1.807) is 6.07 Å². The number of aryl methyl sites for hydroxylation is 2. The number of nitrogens with zero attached hydrogens (tertiary/aromatic N) is 3. The number of rotatable bonds is 1. The first-order valence-electron chi connectivity index (χ1n) is 12.4. The van der Waals surface area contributed by atoms with Crippen molar-refractivity contribution in [2.24, 2.45) is 0 Å². The molecule has 3 heterocycles. The van der Waals surface area contributed by atoms with Crippen LogP contribution in [-0.2, 0) is 22.2 Å². The Hall–Kier alpha value is -2.69. The van der Waals surface area contributed by atoms with Crippen molar-refractivity contribution in [3.8, 4) is 0 Å². The van der Waals surface area contributed by atoms with Crippen molar-refractivity contribution < 1.29 is 8.78 Å². The van der Waals surface area contributed by atoms with Gasteiger partial charge in [0.1, 0.15) is 5.69 Å². The molecule has 3 aromatic rings. The van der Waals surface area contributed by atoms with Crippen LogP contribution >= 0.6 is 0 Å². The quantitative estimate of drug-likeness (QED) is 0.337. The van der Waals surface area contributed by atoms with Gasteiger partial charge >= 0.3 is 0 Å². The molecule has 0 aliphatic rings. The Morgan fingerprint density at radius 3 is 1.39 bits per heavy atom. The Labute approximate surface area is 217 Å². The minimum atomic E-state index is -2.85. The molecule has 3 rings (SSSR count). The van der Waals surface area contributed by atoms with E-state index in [-0.39, 0.29) is 21.9 Å². The van der Waals surface area contributed by atoms with Crippen molar-refractivity contribution in [3.05, 3.63) is 88.8 Å². The van der Waals surface area contributed by atoms with E-state index in [1.807, 2.05) is 46.2 Å². The molecule has 0 aliphatic heterocycles. The molecule has 0 aromatic carbocycles. The first kappa shape index (κ1) is 31.3. The second-order valence-electron chi connectivity index (χ2n) is 12.4. The van der Waals surface area contributed by atoms with Crippen LogP contribution < -0.4 is 0 Å². The number of alkyl halides is 2. The summed E-state index contributed by atoms with van der Waals surface area (Å²) < 4.78 is 25.6. The van der Waals surface area contributed by atoms with Crippen molar-refractivity contribution in [2.45, 2.75) is 105 Å². The Morgan fingerprint density at radius 1 is 0.583 bits per heavy atom. The second kappa shape index (κ2) is 12.0. The molecule has 0 radical (unpaired) electrons. The second-order valence-corrected chi connectivity index (χ2v) is 12.4. The highest BCUT2D eigenvalue weighted by atomic mass is 19.3. The molecule has 0 N–H and O–H groups in total. The summed E-state index contributed by atoms with van der Waals surface area (Å²) in [6.07, 6.45) is 5.31. The van der Waals surface area contributed by atoms with Crippen molar-refractivity contribution in [1.29, 1.82) is 0 Å². The zero-order chi connectivity index (χ0) is 27.9. The van der Waals surface area contributed by atoms with Crippen molar-refractivity contribution >= 4 is 0 Å². The first-order chi connectivity index (χ1) is 16.2. The average molecular weight is 498 g/mol. The normalized spacial score (nSPS) is 12.2. The highest BCUT2D eigenvalue weighted by Gasteiger charge is 2.26. The summed E-state index contributed by atoms with van der Waals surface area (Å²) in [5.41, 5.74) is 6.03. The molecule has 0 bridgehead atoms. The van der Waals surface area contributed by atoms with E-state index < -0.39 is 5.92 Å². The van der Waals surface area contributed by atoms with Crippen molar-refractivity contribution in [3.63, 3.8) is 0 Å². The number of halogens is 2. The van der Waals surface area contributed by atoms with Gasteiger partial charge < -0.3 is 0 Å². The van der Waals surface area contributed by atoms with Gasteiger partial charge in [-0.2, -0.15) is 8.78 Å². The summed E-state index contributed by atoms with van der Waals surface area (Å²) in [4.78, 5) is 12.3. The van der Waals surface area contributed by atoms with Crippen molar-refractivity contribution in [2.75, 3.05) is 0 Å². The van der Waals surface area contributed by atoms with Crippen LogP contribution in [0.1, 0.15) is 103 Å². The first-order valence-corrected chi connectivity index (χ1v) is 12.4. The van der Waals surface area contributed by atoms with Crippen LogP contribution in [0.5, 0.6) is 0 Å². The number of hydrogen-bond acceptors (Lipinski definition) is 3. The van der Waals surface area contributed by atoms with Crippen LogP contribution in [0, 0.1) is 13.8 Å². The standard InChI is InChI=1S/C11H15F2N.2C10H15N/c1-10(2,3)8-5-6-9(14-7-8)11(4,12)13;1-8-5-6-9(7-11-8)10(2,3)4;1-8-9(10(2,3)4)6-5-7-11-8/h5-7H,1-4H3;2*5-7H,1-4H3. The lowest BCUT2D eigenvalue weighted by atomic mass is 9.86. The van der Waals surface area contributed by atoms with Crippen LogP contribution in [0.4, 0.5) is 8.78 Å². The fourth-order valence-corrected chi connectivity index (χ4v) is 3.29. The molecule has 3 aromatic heterocycles. The number of aromatic nitrogens is 3. The van der Waals surface area contributed by atoms with E-state index in [0.717, 1.165) is 23.9 Å². The lowest BCUT2D eigenvalue weighted by Gasteiger charge is -2.20. The molecule has 0 fully saturated rings. The van der Waals surface area contributed by atoms with E-state index in [2.05, 4.69) is 81.6 Å². The topological polar surface area (TPSA) is 38.7 Å². The highest BCUT2D eigenvalue weighted by molar-refractivity contribution is 5.26. The smallest absolute Gasteiger partial charge is 0.261 e. The van der Waals surface area contributed by atoms with E-state index >= 15 is 0 Å². The third-order valence-electron chi connectivity index (χ3n) is 5.67. The molecular weight excluding hydrogens is 452 g/mol. The van der Waals surface area contributed by atoms with Gasteiger partial charge in [0.05, 0.1) is 0 Å². The molecule has 5 heteroatoms. The zero-order valence-corrected chi connectivity index (χ0v) is 24.3. The predicted molar refractivity (Wildman–Crippen MR) is 148 cm³/mol. The summed E-state index contributed by atoms with van der Waals surface area (Å²) in [6.45, 7) is 24.2. The summed E-state index contributed by atoms with van der Waals surface area (Å²) in [7, 11) is 0. The summed E-state index contributed by atoms with van der Waals surface area (Å²) in [5, 5.41) is 0. The SMILES string of the molecule is CC(C)(C)c1ccc(C(C)(F)F)nc1.Cc1ccc(C(C)(C)C)cn1.Cc1ncccc1C(C)(C)C. The Balaban J connectivity index is 0.000000273. The third kappa shape index (κ3) is 10.5. The van der Waals surface area contributed by atoms with Crippen LogP contribution in [0.25, 0.3) is 0 Å². The molecule has 0 spiro atoms. The maximum Gasteiger partial charge on any atom is 0.286 e. The fourth-order valence-electron chi connectivity index (χ4n) is 3.29. The van der Waals surface area contributed by atoms with Gasteiger partial charge in [-0.25, -0.2) is 0 Å². The minimum absolute atomic E-state index is 0.0471. The van der Waals surface area contributed by atoms with Gasteiger partial charge in [0.25, 0.3) is 5.92 Å². The fraction of sp³-hybridized carbons (Fsp3) is 0.516. The van der Waals surface area contributed by atoms with Crippen LogP contribution in [0.2, 0.25) is 0 Å². The zero-order valence-electron chi connectivity index (χ0n) is 24.3. The van der Waals surface area contributed by atoms with Gasteiger partial charge in [0.2, 0.25) is 0 Å². The average Bonchev–Trinajstić information content (AvgIpc) is 2.73. The minimum Gasteiger partial charge on any atom is -0.261 e. The van der Waals surface area contributed by atoms with Gasteiger partial charge in [-0.15, -0.1) is 0 Å². The Kier molecular flexibility index (Phi) is 10.5. The number of pyridine rings is 3. The van der Waals surface area contributed by atoms with Gasteiger partial charge in [-0.05, 0) is 65.0 Å². The monoisotopic (exact) mass is 497 g/mol. The molecule has 0 aliphatic carbocycles. The van der Waals surface area contributed by atoms with E-state index in [9.17, 15) is 8.78 Å². The van der Waals surface area contributed by atoms with E-state index in [0.29, 0.717) is 0 Å². The van der Waals surface area contributed by atoms with Crippen LogP contribution in [-0.4, -0.2) is 15.0 Å². The molecule has 0 unspecified atom stereocenters. The van der Waals surface area contributed by atoms with E-state index in [1.165, 1.54) is 23.4 Å². The summed E-state index contributed by atoms with van der Waals surface area (Å²) in [6, 6.07) is 11.4. The van der Waals surface area contributed by atoms with Gasteiger partial charge in [0.15, 0.2) is 0 Å². The Bertz CT molecular complexity index is 1030. The van der Waals surface area contributed by atoms with Crippen LogP contribution in [0.3, 0.4) is 0 Å². The highest BCUT2D eigenvalue weighted by Crippen LogP contribution is 2.27. The third-order valence-corrected chi connectivity index (χ3v) is 5.67. The van der Waals surface area contributed by atoms with Crippen molar-refractivity contribution in [1.82, 2.24) is 15.0 Å². The molecule has 0 saturated heterocycles. The Morgan fingerprint density at radius 2 is 1.08 bits per heavy atom. The predicted octanol–water partition coefficient (Wildman–Crippen LogP) is 8.87. The molecule has 3 nitrogen and oxygen atoms in total. The molecular formula is C31H45F2N3. The maximum absolute atomic E-state index is 12.8. The van der Waals surface area contributed by atoms with Gasteiger partial charge in [0, 0.05) is 36.9 Å². The summed E-state index contributed by atoms with van der Waals surface area (Å²) in [5.74, 6) is -2.85. The lowest BCUT2D eigenvalue weighted by Crippen LogP contribution is -2.14. The van der Waals surface area contributed by atoms with Gasteiger partial charge in [-0.3, -0.25) is 15.0 Å².